The number of hydrogen-bond donors (Lipinski definition) is 1. The van der Waals surface area contributed by atoms with Gasteiger partial charge in [0.05, 0.1) is 0 Å². The largest absolute Gasteiger partial charge is 0.264 e. The van der Waals surface area contributed by atoms with Gasteiger partial charge in [0.25, 0.3) is 5.78 Å². The first-order valence-electron chi connectivity index (χ1n) is 3.57. The van der Waals surface area contributed by atoms with Gasteiger partial charge in [0.1, 0.15) is 10.7 Å². The third-order valence-corrected chi connectivity index (χ3v) is 1.86. The fraction of sp³-hybridized carbons (Fsp3) is 0.143. The van der Waals surface area contributed by atoms with E-state index in [9.17, 15) is 0 Å². The Balaban J connectivity index is 2.93. The van der Waals surface area contributed by atoms with Crippen molar-refractivity contribution in [3.63, 3.8) is 0 Å². The molecule has 6 heteroatoms. The van der Waals surface area contributed by atoms with E-state index in [0.717, 1.165) is 5.69 Å². The third-order valence-electron chi connectivity index (χ3n) is 1.56. The van der Waals surface area contributed by atoms with E-state index in [-0.39, 0.29) is 5.82 Å². The summed E-state index contributed by atoms with van der Waals surface area (Å²) in [6, 6.07) is 3.63. The van der Waals surface area contributed by atoms with Crippen molar-refractivity contribution in [2.75, 3.05) is 0 Å². The third kappa shape index (κ3) is 1.19. The van der Waals surface area contributed by atoms with E-state index in [2.05, 4.69) is 15.1 Å². The van der Waals surface area contributed by atoms with E-state index in [1.54, 1.807) is 6.07 Å². The minimum atomic E-state index is 0.212. The van der Waals surface area contributed by atoms with E-state index >= 15 is 0 Å². The van der Waals surface area contributed by atoms with Crippen LogP contribution in [0.5, 0.6) is 0 Å². The summed E-state index contributed by atoms with van der Waals surface area (Å²) in [5, 5.41) is 11.3. The molecule has 0 bridgehead atoms. The smallest absolute Gasteiger partial charge is 0.253 e. The van der Waals surface area contributed by atoms with Gasteiger partial charge >= 0.3 is 0 Å². The second-order valence-electron chi connectivity index (χ2n) is 2.56. The number of rotatable bonds is 0. The van der Waals surface area contributed by atoms with Crippen LogP contribution in [-0.2, 0) is 0 Å². The molecule has 0 saturated carbocycles. The van der Waals surface area contributed by atoms with Gasteiger partial charge < -0.3 is 0 Å². The van der Waals surface area contributed by atoms with Crippen molar-refractivity contribution in [3.05, 3.63) is 22.2 Å². The average molecular weight is 191 g/mol. The number of aromatic nitrogens is 4. The fourth-order valence-corrected chi connectivity index (χ4v) is 1.34. The van der Waals surface area contributed by atoms with Crippen LogP contribution in [0.4, 0.5) is 0 Å². The highest BCUT2D eigenvalue weighted by Gasteiger charge is 2.02. The molecule has 1 N–H and O–H groups in total. The van der Waals surface area contributed by atoms with Crippen molar-refractivity contribution in [1.82, 2.24) is 19.6 Å². The maximum Gasteiger partial charge on any atom is 0.253 e. The number of aryl methyl sites for hydroxylation is 1. The summed E-state index contributed by atoms with van der Waals surface area (Å²) in [6.07, 6.45) is 0. The zero-order valence-electron chi connectivity index (χ0n) is 6.77. The van der Waals surface area contributed by atoms with Gasteiger partial charge in [-0.05, 0) is 13.0 Å². The summed E-state index contributed by atoms with van der Waals surface area (Å²) < 4.78 is 2.07. The topological polar surface area (TPSA) is 69.8 Å². The molecular weight excluding hydrogens is 186 g/mol. The number of H-pyrrole nitrogens is 1. The highest BCUT2D eigenvalue weighted by atomic mass is 32.1. The minimum absolute atomic E-state index is 0.212. The van der Waals surface area contributed by atoms with E-state index in [1.807, 2.05) is 13.0 Å². The average Bonchev–Trinajstić information content (AvgIpc) is 2.47. The molecule has 0 aromatic carbocycles. The van der Waals surface area contributed by atoms with Crippen molar-refractivity contribution >= 4 is 18.0 Å². The summed E-state index contributed by atoms with van der Waals surface area (Å²) in [5.74, 6) is 0.644. The molecule has 0 spiro atoms. The molecule has 64 valence electrons. The second-order valence-corrected chi connectivity index (χ2v) is 2.97. The lowest BCUT2D eigenvalue weighted by molar-refractivity contribution is 0.907. The van der Waals surface area contributed by atoms with Gasteiger partial charge in [-0.3, -0.25) is 5.10 Å². The van der Waals surface area contributed by atoms with E-state index < -0.39 is 0 Å². The Morgan fingerprint density at radius 3 is 3.08 bits per heavy atom. The van der Waals surface area contributed by atoms with Crippen LogP contribution in [0.3, 0.4) is 0 Å². The highest BCUT2D eigenvalue weighted by Crippen LogP contribution is 2.01. The quantitative estimate of drug-likeness (QED) is 0.630. The van der Waals surface area contributed by atoms with Crippen LogP contribution in [0.25, 0.3) is 5.78 Å². The van der Waals surface area contributed by atoms with Crippen LogP contribution in [-0.4, -0.2) is 19.6 Å². The Kier molecular flexibility index (Phi) is 1.60. The summed E-state index contributed by atoms with van der Waals surface area (Å²) in [4.78, 5) is 8.03. The molecule has 5 nitrogen and oxygen atoms in total. The molecule has 0 aliphatic heterocycles. The van der Waals surface area contributed by atoms with Gasteiger partial charge in [0.2, 0.25) is 5.82 Å². The summed E-state index contributed by atoms with van der Waals surface area (Å²) in [6.45, 7) is 1.83. The first-order chi connectivity index (χ1) is 6.20. The fourth-order valence-electron chi connectivity index (χ4n) is 1.04. The van der Waals surface area contributed by atoms with Crippen molar-refractivity contribution in [1.29, 1.82) is 5.26 Å². The predicted molar refractivity (Wildman–Crippen MR) is 47.6 cm³/mol. The van der Waals surface area contributed by atoms with Crippen LogP contribution in [0.15, 0.2) is 6.07 Å². The van der Waals surface area contributed by atoms with Crippen LogP contribution in [0, 0.1) is 22.9 Å². The zero-order valence-corrected chi connectivity index (χ0v) is 7.59. The normalized spacial score (nSPS) is 10.2. The molecule has 0 aliphatic carbocycles. The molecule has 0 amide bonds. The second kappa shape index (κ2) is 2.64. The summed E-state index contributed by atoms with van der Waals surface area (Å²) >= 11 is 5.04. The van der Waals surface area contributed by atoms with Gasteiger partial charge in [-0.15, -0.1) is 0 Å². The maximum atomic E-state index is 8.58. The molecule has 0 aliphatic rings. The minimum Gasteiger partial charge on any atom is -0.264 e. The van der Waals surface area contributed by atoms with Crippen molar-refractivity contribution in [2.45, 2.75) is 6.92 Å². The van der Waals surface area contributed by atoms with Crippen molar-refractivity contribution in [3.8, 4) is 6.07 Å². The standard InChI is InChI=1S/C7H5N5S/c1-4-2-6(13)12-7(9-4)10-5(3-8)11-12/h2H,1H3,(H,9,10,11). The van der Waals surface area contributed by atoms with Gasteiger partial charge in [-0.2, -0.15) is 10.2 Å². The van der Waals surface area contributed by atoms with E-state index in [4.69, 9.17) is 17.5 Å². The Morgan fingerprint density at radius 2 is 2.38 bits per heavy atom. The molecular formula is C7H5N5S. The van der Waals surface area contributed by atoms with Gasteiger partial charge in [0, 0.05) is 5.69 Å². The predicted octanol–water partition coefficient (Wildman–Crippen LogP) is 0.967. The van der Waals surface area contributed by atoms with Crippen molar-refractivity contribution in [2.24, 2.45) is 0 Å². The molecule has 2 aromatic rings. The molecule has 0 saturated heterocycles. The Morgan fingerprint density at radius 1 is 1.62 bits per heavy atom. The number of nitriles is 1. The number of nitrogens with one attached hydrogen (secondary N) is 1. The Bertz CT molecular complexity index is 558. The highest BCUT2D eigenvalue weighted by molar-refractivity contribution is 7.71. The molecule has 0 unspecified atom stereocenters. The molecule has 0 fully saturated rings. The zero-order chi connectivity index (χ0) is 9.42. The van der Waals surface area contributed by atoms with Crippen LogP contribution in [0.2, 0.25) is 0 Å². The first-order valence-corrected chi connectivity index (χ1v) is 3.98. The van der Waals surface area contributed by atoms with Crippen LogP contribution >= 0.6 is 12.2 Å². The molecule has 2 heterocycles. The molecule has 2 aromatic heterocycles. The lowest BCUT2D eigenvalue weighted by Gasteiger charge is -1.92. The molecule has 0 atom stereocenters. The first kappa shape index (κ1) is 7.89. The Hall–Kier alpha value is -1.74. The molecule has 2 rings (SSSR count). The van der Waals surface area contributed by atoms with Gasteiger partial charge in [-0.1, -0.05) is 12.2 Å². The van der Waals surface area contributed by atoms with E-state index in [1.165, 1.54) is 4.52 Å². The lowest BCUT2D eigenvalue weighted by atomic mass is 10.5. The summed E-state index contributed by atoms with van der Waals surface area (Å²) in [5.41, 5.74) is 0.793. The summed E-state index contributed by atoms with van der Waals surface area (Å²) in [7, 11) is 0. The lowest BCUT2D eigenvalue weighted by Crippen LogP contribution is -1.93. The molecule has 0 radical (unpaired) electrons. The van der Waals surface area contributed by atoms with Crippen LogP contribution < -0.4 is 0 Å². The number of fused-ring (bicyclic) bond motifs is 1. The van der Waals surface area contributed by atoms with Gasteiger partial charge in [-0.25, -0.2) is 9.50 Å². The molecule has 13 heavy (non-hydrogen) atoms. The van der Waals surface area contributed by atoms with Crippen molar-refractivity contribution < 1.29 is 0 Å². The maximum absolute atomic E-state index is 8.58. The van der Waals surface area contributed by atoms with E-state index in [0.29, 0.717) is 10.4 Å². The van der Waals surface area contributed by atoms with Gasteiger partial charge in [0.15, 0.2) is 0 Å². The Labute approximate surface area is 78.7 Å². The number of nitrogens with zero attached hydrogens (tertiary/aromatic N) is 4. The SMILES string of the molecule is Cc1cc(=S)n2[nH]c(C#N)nc2n1. The van der Waals surface area contributed by atoms with Crippen LogP contribution in [0.1, 0.15) is 11.5 Å². The number of aromatic amines is 1. The number of hydrogen-bond acceptors (Lipinski definition) is 4. The monoisotopic (exact) mass is 191 g/mol.